The van der Waals surface area contributed by atoms with E-state index in [0.717, 1.165) is 36.9 Å². The number of halogens is 3. The largest absolute Gasteiger partial charge is 0.406 e. The average molecular weight is 233 g/mol. The van der Waals surface area contributed by atoms with Crippen LogP contribution in [-0.2, 0) is 19.4 Å². The summed E-state index contributed by atoms with van der Waals surface area (Å²) < 4.78 is 37.8. The standard InChI is InChI=1S/C10H12F3N.C2H6/c11-10(12,13)7-14-6-5-8-3-1-2-4-9(8)14;1-2/h5-6H,1-4,7H2;1-2H3. The molecule has 0 aromatic carbocycles. The summed E-state index contributed by atoms with van der Waals surface area (Å²) in [4.78, 5) is 0. The zero-order valence-corrected chi connectivity index (χ0v) is 9.77. The number of nitrogens with zero attached hydrogens (tertiary/aromatic N) is 1. The van der Waals surface area contributed by atoms with E-state index >= 15 is 0 Å². The van der Waals surface area contributed by atoms with Gasteiger partial charge in [-0.05, 0) is 37.3 Å². The van der Waals surface area contributed by atoms with Crippen LogP contribution in [0.1, 0.15) is 37.9 Å². The van der Waals surface area contributed by atoms with Crippen molar-refractivity contribution in [2.75, 3.05) is 0 Å². The van der Waals surface area contributed by atoms with Crippen molar-refractivity contribution in [2.45, 2.75) is 52.3 Å². The minimum Gasteiger partial charge on any atom is -0.342 e. The molecule has 0 atom stereocenters. The Balaban J connectivity index is 0.000000606. The molecule has 0 N–H and O–H groups in total. The molecule has 1 aliphatic carbocycles. The van der Waals surface area contributed by atoms with Gasteiger partial charge in [-0.1, -0.05) is 13.8 Å². The summed E-state index contributed by atoms with van der Waals surface area (Å²) >= 11 is 0. The lowest BCUT2D eigenvalue weighted by Gasteiger charge is -2.16. The second-order valence-corrected chi connectivity index (χ2v) is 3.74. The molecule has 1 aliphatic rings. The molecule has 2 rings (SSSR count). The van der Waals surface area contributed by atoms with Crippen LogP contribution >= 0.6 is 0 Å². The normalized spacial score (nSPS) is 15.1. The fraction of sp³-hybridized carbons (Fsp3) is 0.667. The number of alkyl halides is 3. The predicted octanol–water partition coefficient (Wildman–Crippen LogP) is 3.96. The first kappa shape index (κ1) is 13.1. The van der Waals surface area contributed by atoms with Gasteiger partial charge in [0, 0.05) is 11.9 Å². The minimum atomic E-state index is -4.11. The lowest BCUT2D eigenvalue weighted by Crippen LogP contribution is -2.19. The van der Waals surface area contributed by atoms with Crippen molar-refractivity contribution in [1.29, 1.82) is 0 Å². The van der Waals surface area contributed by atoms with Crippen LogP contribution in [0.3, 0.4) is 0 Å². The van der Waals surface area contributed by atoms with Crippen LogP contribution in [0.2, 0.25) is 0 Å². The number of hydrogen-bond acceptors (Lipinski definition) is 0. The van der Waals surface area contributed by atoms with Gasteiger partial charge in [-0.2, -0.15) is 13.2 Å². The smallest absolute Gasteiger partial charge is 0.342 e. The zero-order chi connectivity index (χ0) is 12.2. The van der Waals surface area contributed by atoms with Gasteiger partial charge in [0.15, 0.2) is 0 Å². The van der Waals surface area contributed by atoms with E-state index in [9.17, 15) is 13.2 Å². The molecule has 1 aromatic heterocycles. The van der Waals surface area contributed by atoms with Gasteiger partial charge in [-0.25, -0.2) is 0 Å². The Morgan fingerprint density at radius 3 is 2.44 bits per heavy atom. The Labute approximate surface area is 94.3 Å². The van der Waals surface area contributed by atoms with Gasteiger partial charge in [0.25, 0.3) is 0 Å². The number of rotatable bonds is 1. The van der Waals surface area contributed by atoms with Gasteiger partial charge in [0.05, 0.1) is 0 Å². The van der Waals surface area contributed by atoms with E-state index < -0.39 is 12.7 Å². The van der Waals surface area contributed by atoms with Crippen molar-refractivity contribution in [1.82, 2.24) is 4.57 Å². The maximum absolute atomic E-state index is 12.2. The van der Waals surface area contributed by atoms with E-state index in [1.54, 1.807) is 6.20 Å². The van der Waals surface area contributed by atoms with Crippen molar-refractivity contribution < 1.29 is 13.2 Å². The fourth-order valence-electron chi connectivity index (χ4n) is 2.03. The molecule has 4 heteroatoms. The Kier molecular flexibility index (Phi) is 4.44. The van der Waals surface area contributed by atoms with Gasteiger partial charge < -0.3 is 4.57 Å². The first-order valence-electron chi connectivity index (χ1n) is 5.80. The molecule has 0 saturated heterocycles. The number of aromatic nitrogens is 1. The second-order valence-electron chi connectivity index (χ2n) is 3.74. The molecule has 0 bridgehead atoms. The lowest BCUT2D eigenvalue weighted by atomic mass is 9.98. The van der Waals surface area contributed by atoms with E-state index in [1.807, 2.05) is 19.9 Å². The molecule has 92 valence electrons. The minimum absolute atomic E-state index is 0.790. The van der Waals surface area contributed by atoms with Crippen molar-refractivity contribution in [3.8, 4) is 0 Å². The Morgan fingerprint density at radius 1 is 1.19 bits per heavy atom. The molecule has 1 aromatic rings. The summed E-state index contributed by atoms with van der Waals surface area (Å²) in [6.07, 6.45) is 1.28. The van der Waals surface area contributed by atoms with Gasteiger partial charge in [-0.3, -0.25) is 0 Å². The molecule has 1 nitrogen and oxygen atoms in total. The molecule has 0 aliphatic heterocycles. The Hall–Kier alpha value is -0.930. The third-order valence-electron chi connectivity index (χ3n) is 2.63. The average Bonchev–Trinajstić information content (AvgIpc) is 2.63. The third kappa shape index (κ3) is 3.29. The fourth-order valence-corrected chi connectivity index (χ4v) is 2.03. The van der Waals surface area contributed by atoms with E-state index in [2.05, 4.69) is 0 Å². The van der Waals surface area contributed by atoms with Gasteiger partial charge in [0.1, 0.15) is 6.54 Å². The second kappa shape index (κ2) is 5.41. The maximum atomic E-state index is 12.2. The van der Waals surface area contributed by atoms with Crippen LogP contribution in [0.5, 0.6) is 0 Å². The Bertz CT molecular complexity index is 325. The molecule has 0 radical (unpaired) electrons. The summed E-state index contributed by atoms with van der Waals surface area (Å²) in [5, 5.41) is 0. The molecule has 1 heterocycles. The van der Waals surface area contributed by atoms with Crippen LogP contribution in [0.25, 0.3) is 0 Å². The summed E-state index contributed by atoms with van der Waals surface area (Å²) in [6, 6.07) is 1.82. The summed E-state index contributed by atoms with van der Waals surface area (Å²) in [5.41, 5.74) is 1.98. The molecular formula is C12H18F3N. The molecule has 0 unspecified atom stereocenters. The monoisotopic (exact) mass is 233 g/mol. The first-order chi connectivity index (χ1) is 7.56. The van der Waals surface area contributed by atoms with Gasteiger partial charge >= 0.3 is 6.18 Å². The zero-order valence-electron chi connectivity index (χ0n) is 9.77. The SMILES string of the molecule is CC.FC(F)(F)Cn1ccc2c1CCCC2. The van der Waals surface area contributed by atoms with Crippen molar-refractivity contribution >= 4 is 0 Å². The molecular weight excluding hydrogens is 215 g/mol. The van der Waals surface area contributed by atoms with Crippen LogP contribution in [-0.4, -0.2) is 10.7 Å². The van der Waals surface area contributed by atoms with Gasteiger partial charge in [0.2, 0.25) is 0 Å². The molecule has 0 saturated carbocycles. The van der Waals surface area contributed by atoms with Crippen LogP contribution < -0.4 is 0 Å². The van der Waals surface area contributed by atoms with E-state index in [-0.39, 0.29) is 0 Å². The van der Waals surface area contributed by atoms with E-state index in [4.69, 9.17) is 0 Å². The van der Waals surface area contributed by atoms with Gasteiger partial charge in [-0.15, -0.1) is 0 Å². The van der Waals surface area contributed by atoms with Crippen molar-refractivity contribution in [3.63, 3.8) is 0 Å². The van der Waals surface area contributed by atoms with Crippen LogP contribution in [0.15, 0.2) is 12.3 Å². The highest BCUT2D eigenvalue weighted by atomic mass is 19.4. The highest BCUT2D eigenvalue weighted by molar-refractivity contribution is 5.24. The highest BCUT2D eigenvalue weighted by Gasteiger charge is 2.29. The molecule has 0 amide bonds. The summed E-state index contributed by atoms with van der Waals surface area (Å²) in [6.45, 7) is 3.16. The third-order valence-corrected chi connectivity index (χ3v) is 2.63. The number of hydrogen-bond donors (Lipinski definition) is 0. The van der Waals surface area contributed by atoms with Crippen LogP contribution in [0, 0.1) is 0 Å². The number of aryl methyl sites for hydroxylation is 1. The molecule has 0 spiro atoms. The highest BCUT2D eigenvalue weighted by Crippen LogP contribution is 2.25. The predicted molar refractivity (Wildman–Crippen MR) is 58.5 cm³/mol. The quantitative estimate of drug-likeness (QED) is 0.692. The van der Waals surface area contributed by atoms with Crippen molar-refractivity contribution in [3.05, 3.63) is 23.5 Å². The van der Waals surface area contributed by atoms with E-state index in [0.29, 0.717) is 0 Å². The number of fused-ring (bicyclic) bond motifs is 1. The summed E-state index contributed by atoms with van der Waals surface area (Å²) in [7, 11) is 0. The topological polar surface area (TPSA) is 4.93 Å². The Morgan fingerprint density at radius 2 is 1.81 bits per heavy atom. The first-order valence-corrected chi connectivity index (χ1v) is 5.80. The summed E-state index contributed by atoms with van der Waals surface area (Å²) in [5.74, 6) is 0. The van der Waals surface area contributed by atoms with Crippen molar-refractivity contribution in [2.24, 2.45) is 0 Å². The molecule has 0 fully saturated rings. The van der Waals surface area contributed by atoms with E-state index in [1.165, 1.54) is 4.57 Å². The lowest BCUT2D eigenvalue weighted by molar-refractivity contribution is -0.141. The maximum Gasteiger partial charge on any atom is 0.406 e. The van der Waals surface area contributed by atoms with Crippen LogP contribution in [0.4, 0.5) is 13.2 Å². The molecule has 16 heavy (non-hydrogen) atoms.